The van der Waals surface area contributed by atoms with Crippen molar-refractivity contribution in [3.8, 4) is 0 Å². The zero-order valence-corrected chi connectivity index (χ0v) is 9.51. The van der Waals surface area contributed by atoms with Gasteiger partial charge in [-0.05, 0) is 24.3 Å². The van der Waals surface area contributed by atoms with Crippen molar-refractivity contribution in [2.75, 3.05) is 4.90 Å². The molecule has 2 aromatic rings. The lowest BCUT2D eigenvalue weighted by molar-refractivity contribution is 1.26. The summed E-state index contributed by atoms with van der Waals surface area (Å²) in [5.74, 6) is 0.0115. The van der Waals surface area contributed by atoms with Crippen LogP contribution in [0.3, 0.4) is 0 Å². The normalized spacial score (nSPS) is 9.18. The van der Waals surface area contributed by atoms with E-state index in [1.165, 1.54) is 0 Å². The fourth-order valence-corrected chi connectivity index (χ4v) is 1.58. The van der Waals surface area contributed by atoms with Crippen LogP contribution in [0.25, 0.3) is 0 Å². The maximum atomic E-state index is 7.63. The Balaban J connectivity index is 0.00000144. The Morgan fingerprint density at radius 3 is 1.47 bits per heavy atom. The molecular formula is C13H16N4. The Morgan fingerprint density at radius 2 is 1.18 bits per heavy atom. The summed E-state index contributed by atoms with van der Waals surface area (Å²) in [6, 6.07) is 19.3. The average molecular weight is 228 g/mol. The Labute approximate surface area is 101 Å². The lowest BCUT2D eigenvalue weighted by atomic mass is 10.2. The van der Waals surface area contributed by atoms with Gasteiger partial charge in [0.15, 0.2) is 5.96 Å². The first-order valence-electron chi connectivity index (χ1n) is 5.03. The quantitative estimate of drug-likeness (QED) is 0.545. The van der Waals surface area contributed by atoms with E-state index in [1.807, 2.05) is 60.7 Å². The molecule has 0 saturated carbocycles. The van der Waals surface area contributed by atoms with Crippen LogP contribution in [0.4, 0.5) is 11.4 Å². The Bertz CT molecular complexity index is 428. The lowest BCUT2D eigenvalue weighted by Gasteiger charge is -2.22. The van der Waals surface area contributed by atoms with Gasteiger partial charge < -0.3 is 11.9 Å². The minimum atomic E-state index is 0. The van der Waals surface area contributed by atoms with Gasteiger partial charge in [0.25, 0.3) is 0 Å². The standard InChI is InChI=1S/C13H13N3.H3N/c14-13(15)16(11-7-3-1-4-8-11)12-9-5-2-6-10-12;/h1-10H,(H3,14,15);1H3. The monoisotopic (exact) mass is 228 g/mol. The van der Waals surface area contributed by atoms with E-state index in [1.54, 1.807) is 4.90 Å². The molecule has 0 aliphatic heterocycles. The number of guanidine groups is 1. The molecule has 88 valence electrons. The van der Waals surface area contributed by atoms with Gasteiger partial charge in [0.2, 0.25) is 0 Å². The number of rotatable bonds is 2. The zero-order valence-electron chi connectivity index (χ0n) is 9.51. The number of hydrogen-bond acceptors (Lipinski definition) is 2. The van der Waals surface area contributed by atoms with Gasteiger partial charge >= 0.3 is 0 Å². The second-order valence-corrected chi connectivity index (χ2v) is 3.39. The molecule has 2 aromatic carbocycles. The predicted octanol–water partition coefficient (Wildman–Crippen LogP) is 2.88. The van der Waals surface area contributed by atoms with E-state index in [2.05, 4.69) is 0 Å². The van der Waals surface area contributed by atoms with E-state index in [0.29, 0.717) is 0 Å². The molecule has 0 saturated heterocycles. The number of nitrogens with zero attached hydrogens (tertiary/aromatic N) is 1. The Kier molecular flexibility index (Phi) is 4.25. The summed E-state index contributed by atoms with van der Waals surface area (Å²) in [5, 5.41) is 7.63. The molecule has 4 heteroatoms. The van der Waals surface area contributed by atoms with Crippen molar-refractivity contribution in [2.24, 2.45) is 5.73 Å². The maximum absolute atomic E-state index is 7.63. The zero-order chi connectivity index (χ0) is 11.4. The summed E-state index contributed by atoms with van der Waals surface area (Å²) in [6.07, 6.45) is 0. The molecule has 17 heavy (non-hydrogen) atoms. The predicted molar refractivity (Wildman–Crippen MR) is 72.0 cm³/mol. The molecule has 0 spiro atoms. The van der Waals surface area contributed by atoms with Gasteiger partial charge in [0.05, 0.1) is 0 Å². The summed E-state index contributed by atoms with van der Waals surface area (Å²) in [7, 11) is 0. The molecule has 0 fully saturated rings. The van der Waals surface area contributed by atoms with Crippen LogP contribution in [0.5, 0.6) is 0 Å². The van der Waals surface area contributed by atoms with E-state index >= 15 is 0 Å². The molecule has 0 aliphatic rings. The van der Waals surface area contributed by atoms with E-state index in [0.717, 1.165) is 11.4 Å². The Morgan fingerprint density at radius 1 is 0.824 bits per heavy atom. The topological polar surface area (TPSA) is 88.1 Å². The third-order valence-corrected chi connectivity index (χ3v) is 2.27. The van der Waals surface area contributed by atoms with Gasteiger partial charge in [-0.25, -0.2) is 0 Å². The van der Waals surface area contributed by atoms with Crippen LogP contribution in [0.15, 0.2) is 60.7 Å². The molecule has 0 aliphatic carbocycles. The first-order chi connectivity index (χ1) is 7.79. The average Bonchev–Trinajstić information content (AvgIpc) is 2.31. The molecule has 0 aromatic heterocycles. The molecule has 4 nitrogen and oxygen atoms in total. The second-order valence-electron chi connectivity index (χ2n) is 3.39. The number of para-hydroxylation sites is 2. The van der Waals surface area contributed by atoms with Gasteiger partial charge in [0, 0.05) is 11.4 Å². The number of nitrogens with two attached hydrogens (primary N) is 1. The number of nitrogens with one attached hydrogen (secondary N) is 1. The minimum absolute atomic E-state index is 0. The van der Waals surface area contributed by atoms with Crippen LogP contribution >= 0.6 is 0 Å². The summed E-state index contributed by atoms with van der Waals surface area (Å²) in [6.45, 7) is 0. The van der Waals surface area contributed by atoms with E-state index in [4.69, 9.17) is 11.1 Å². The van der Waals surface area contributed by atoms with Crippen molar-refractivity contribution in [1.29, 1.82) is 5.41 Å². The third-order valence-electron chi connectivity index (χ3n) is 2.27. The molecule has 0 bridgehead atoms. The molecule has 6 N–H and O–H groups in total. The summed E-state index contributed by atoms with van der Waals surface area (Å²) < 4.78 is 0. The van der Waals surface area contributed by atoms with Gasteiger partial charge in [0.1, 0.15) is 0 Å². The van der Waals surface area contributed by atoms with Crippen molar-refractivity contribution >= 4 is 17.3 Å². The number of benzene rings is 2. The maximum Gasteiger partial charge on any atom is 0.197 e. The van der Waals surface area contributed by atoms with Crippen molar-refractivity contribution in [1.82, 2.24) is 6.15 Å². The highest BCUT2D eigenvalue weighted by Gasteiger charge is 2.10. The summed E-state index contributed by atoms with van der Waals surface area (Å²) in [4.78, 5) is 1.69. The van der Waals surface area contributed by atoms with Gasteiger partial charge in [-0.3, -0.25) is 10.3 Å². The second kappa shape index (κ2) is 5.67. The highest BCUT2D eigenvalue weighted by atomic mass is 15.2. The molecule has 2 rings (SSSR count). The van der Waals surface area contributed by atoms with Crippen LogP contribution in [0, 0.1) is 5.41 Å². The van der Waals surface area contributed by atoms with Crippen LogP contribution in [0.1, 0.15) is 0 Å². The van der Waals surface area contributed by atoms with Crippen LogP contribution in [-0.2, 0) is 0 Å². The molecule has 0 radical (unpaired) electrons. The van der Waals surface area contributed by atoms with Crippen molar-refractivity contribution in [2.45, 2.75) is 0 Å². The molecule has 0 amide bonds. The van der Waals surface area contributed by atoms with Crippen LogP contribution in [-0.4, -0.2) is 5.96 Å². The largest absolute Gasteiger partial charge is 0.369 e. The van der Waals surface area contributed by atoms with Crippen LogP contribution in [0.2, 0.25) is 0 Å². The van der Waals surface area contributed by atoms with E-state index in [-0.39, 0.29) is 12.1 Å². The number of anilines is 2. The first kappa shape index (κ1) is 12.7. The van der Waals surface area contributed by atoms with Gasteiger partial charge in [-0.1, -0.05) is 36.4 Å². The van der Waals surface area contributed by atoms with Crippen molar-refractivity contribution < 1.29 is 0 Å². The summed E-state index contributed by atoms with van der Waals surface area (Å²) in [5.41, 5.74) is 7.39. The smallest absolute Gasteiger partial charge is 0.197 e. The molecule has 0 atom stereocenters. The van der Waals surface area contributed by atoms with Crippen LogP contribution < -0.4 is 16.8 Å². The van der Waals surface area contributed by atoms with Gasteiger partial charge in [-0.15, -0.1) is 0 Å². The molecule has 0 unspecified atom stereocenters. The molecule has 0 heterocycles. The Hall–Kier alpha value is -2.33. The molecular weight excluding hydrogens is 212 g/mol. The fraction of sp³-hybridized carbons (Fsp3) is 0. The highest BCUT2D eigenvalue weighted by molar-refractivity contribution is 5.99. The SMILES string of the molecule is N.N=C(N)N(c1ccccc1)c1ccccc1. The van der Waals surface area contributed by atoms with E-state index < -0.39 is 0 Å². The highest BCUT2D eigenvalue weighted by Crippen LogP contribution is 2.23. The fourth-order valence-electron chi connectivity index (χ4n) is 1.58. The third kappa shape index (κ3) is 2.83. The van der Waals surface area contributed by atoms with Gasteiger partial charge in [-0.2, -0.15) is 0 Å². The number of hydrogen-bond donors (Lipinski definition) is 3. The van der Waals surface area contributed by atoms with Crippen molar-refractivity contribution in [3.63, 3.8) is 0 Å². The minimum Gasteiger partial charge on any atom is -0.369 e. The summed E-state index contributed by atoms with van der Waals surface area (Å²) >= 11 is 0. The first-order valence-corrected chi connectivity index (χ1v) is 5.03. The lowest BCUT2D eigenvalue weighted by Crippen LogP contribution is -2.32. The van der Waals surface area contributed by atoms with E-state index in [9.17, 15) is 0 Å². The van der Waals surface area contributed by atoms with Crippen molar-refractivity contribution in [3.05, 3.63) is 60.7 Å².